The molecule has 1 N–H and O–H groups in total. The van der Waals surface area contributed by atoms with E-state index in [9.17, 15) is 5.11 Å². The van der Waals surface area contributed by atoms with Crippen molar-refractivity contribution < 1.29 is 14.6 Å². The monoisotopic (exact) mass is 475 g/mol. The molecular formula is C27H33N5O3. The molecule has 0 atom stereocenters. The molecule has 0 unspecified atom stereocenters. The summed E-state index contributed by atoms with van der Waals surface area (Å²) in [6.07, 6.45) is 3.28. The van der Waals surface area contributed by atoms with Crippen LogP contribution in [-0.4, -0.2) is 84.2 Å². The van der Waals surface area contributed by atoms with Gasteiger partial charge in [-0.3, -0.25) is 4.57 Å². The fourth-order valence-electron chi connectivity index (χ4n) is 4.93. The lowest BCUT2D eigenvalue weighted by Gasteiger charge is -2.40. The highest BCUT2D eigenvalue weighted by molar-refractivity contribution is 5.92. The number of para-hydroxylation sites is 1. The molecule has 1 saturated heterocycles. The standard InChI is InChI=1S/C27H33N5O3/c1-30(2)18-27(33)11-13-31(14-12-27)24-6-4-5-20-7-10-25(29-26(20)24)32-19-28-22-17-21(8-9-23(22)32)35-16-15-34-3/h4-10,17,19,33H,11-16,18H2,1-3H3. The third kappa shape index (κ3) is 4.96. The number of ether oxygens (including phenoxy) is 2. The topological polar surface area (TPSA) is 75.9 Å². The Morgan fingerprint density at radius 3 is 2.66 bits per heavy atom. The van der Waals surface area contributed by atoms with Gasteiger partial charge in [-0.25, -0.2) is 9.97 Å². The number of nitrogens with zero attached hydrogens (tertiary/aromatic N) is 5. The number of imidazole rings is 1. The minimum Gasteiger partial charge on any atom is -0.491 e. The number of aromatic nitrogens is 3. The van der Waals surface area contributed by atoms with Crippen LogP contribution in [0.1, 0.15) is 12.8 Å². The zero-order chi connectivity index (χ0) is 24.4. The van der Waals surface area contributed by atoms with Crippen LogP contribution in [0, 0.1) is 0 Å². The van der Waals surface area contributed by atoms with Gasteiger partial charge in [0, 0.05) is 38.2 Å². The van der Waals surface area contributed by atoms with E-state index in [0.29, 0.717) is 19.8 Å². The second-order valence-corrected chi connectivity index (χ2v) is 9.57. The number of hydrogen-bond donors (Lipinski definition) is 1. The Morgan fingerprint density at radius 1 is 1.06 bits per heavy atom. The van der Waals surface area contributed by atoms with Gasteiger partial charge in [-0.2, -0.15) is 0 Å². The number of anilines is 1. The lowest BCUT2D eigenvalue weighted by Crippen LogP contribution is -2.49. The highest BCUT2D eigenvalue weighted by Gasteiger charge is 2.33. The second kappa shape index (κ2) is 9.81. The molecule has 4 aromatic rings. The van der Waals surface area contributed by atoms with Gasteiger partial charge in [-0.1, -0.05) is 12.1 Å². The van der Waals surface area contributed by atoms with Crippen molar-refractivity contribution in [2.75, 3.05) is 59.0 Å². The number of rotatable bonds is 8. The van der Waals surface area contributed by atoms with Crippen molar-refractivity contribution in [2.24, 2.45) is 0 Å². The predicted octanol–water partition coefficient (Wildman–Crippen LogP) is 3.49. The number of likely N-dealkylation sites (N-methyl/N-ethyl adjacent to an activating group) is 1. The van der Waals surface area contributed by atoms with E-state index in [4.69, 9.17) is 14.5 Å². The number of fused-ring (bicyclic) bond motifs is 2. The van der Waals surface area contributed by atoms with Crippen LogP contribution in [0.15, 0.2) is 54.9 Å². The second-order valence-electron chi connectivity index (χ2n) is 9.57. The van der Waals surface area contributed by atoms with Crippen molar-refractivity contribution in [3.05, 3.63) is 54.9 Å². The van der Waals surface area contributed by atoms with E-state index in [1.165, 1.54) is 0 Å². The maximum Gasteiger partial charge on any atom is 0.139 e. The summed E-state index contributed by atoms with van der Waals surface area (Å²) in [5.74, 6) is 1.59. The molecule has 8 heteroatoms. The van der Waals surface area contributed by atoms with Crippen molar-refractivity contribution in [3.63, 3.8) is 0 Å². The molecule has 1 fully saturated rings. The van der Waals surface area contributed by atoms with E-state index >= 15 is 0 Å². The zero-order valence-electron chi connectivity index (χ0n) is 20.6. The molecule has 0 spiro atoms. The first kappa shape index (κ1) is 23.5. The molecule has 3 heterocycles. The molecule has 1 aliphatic rings. The Balaban J connectivity index is 1.43. The fraction of sp³-hybridized carbons (Fsp3) is 0.407. The molecule has 5 rings (SSSR count). The number of piperidine rings is 1. The maximum absolute atomic E-state index is 11.0. The summed E-state index contributed by atoms with van der Waals surface area (Å²) in [6, 6.07) is 16.4. The molecule has 0 amide bonds. The predicted molar refractivity (Wildman–Crippen MR) is 139 cm³/mol. The highest BCUT2D eigenvalue weighted by Crippen LogP contribution is 2.32. The van der Waals surface area contributed by atoms with Gasteiger partial charge < -0.3 is 24.4 Å². The highest BCUT2D eigenvalue weighted by atomic mass is 16.5. The van der Waals surface area contributed by atoms with Crippen LogP contribution in [0.3, 0.4) is 0 Å². The molecule has 184 valence electrons. The van der Waals surface area contributed by atoms with Crippen LogP contribution in [0.2, 0.25) is 0 Å². The van der Waals surface area contributed by atoms with Gasteiger partial charge in [-0.15, -0.1) is 0 Å². The van der Waals surface area contributed by atoms with Gasteiger partial charge in [0.15, 0.2) is 0 Å². The molecular weight excluding hydrogens is 442 g/mol. The Kier molecular flexibility index (Phi) is 6.60. The normalized spacial score (nSPS) is 15.9. The van der Waals surface area contributed by atoms with Crippen LogP contribution < -0.4 is 9.64 Å². The van der Waals surface area contributed by atoms with Crippen molar-refractivity contribution >= 4 is 27.6 Å². The average Bonchev–Trinajstić information content (AvgIpc) is 3.27. The van der Waals surface area contributed by atoms with Gasteiger partial charge in [0.1, 0.15) is 24.5 Å². The minimum absolute atomic E-state index is 0.501. The Labute approximate surface area is 205 Å². The first-order chi connectivity index (χ1) is 17.0. The number of pyridine rings is 1. The number of aliphatic hydroxyl groups is 1. The Hall–Kier alpha value is -3.20. The van der Waals surface area contributed by atoms with E-state index in [0.717, 1.165) is 65.1 Å². The summed E-state index contributed by atoms with van der Waals surface area (Å²) < 4.78 is 12.8. The van der Waals surface area contributed by atoms with Gasteiger partial charge in [-0.05, 0) is 57.3 Å². The Bertz CT molecular complexity index is 1310. The summed E-state index contributed by atoms with van der Waals surface area (Å²) >= 11 is 0. The molecule has 35 heavy (non-hydrogen) atoms. The van der Waals surface area contributed by atoms with Gasteiger partial charge in [0.2, 0.25) is 0 Å². The van der Waals surface area contributed by atoms with Crippen LogP contribution in [-0.2, 0) is 4.74 Å². The molecule has 0 saturated carbocycles. The van der Waals surface area contributed by atoms with Crippen LogP contribution in [0.5, 0.6) is 5.75 Å². The molecule has 8 nitrogen and oxygen atoms in total. The van der Waals surface area contributed by atoms with Crippen LogP contribution in [0.25, 0.3) is 27.8 Å². The van der Waals surface area contributed by atoms with Gasteiger partial charge in [0.25, 0.3) is 0 Å². The van der Waals surface area contributed by atoms with E-state index in [1.807, 2.05) is 49.3 Å². The summed E-state index contributed by atoms with van der Waals surface area (Å²) in [7, 11) is 5.68. The number of benzene rings is 2. The number of hydrogen-bond acceptors (Lipinski definition) is 7. The van der Waals surface area contributed by atoms with E-state index < -0.39 is 5.60 Å². The largest absolute Gasteiger partial charge is 0.491 e. The molecule has 1 aliphatic heterocycles. The maximum atomic E-state index is 11.0. The SMILES string of the molecule is COCCOc1ccc2c(c1)ncn2-c1ccc2cccc(N3CCC(O)(CN(C)C)CC3)c2n1. The van der Waals surface area contributed by atoms with Crippen LogP contribution in [0.4, 0.5) is 5.69 Å². The lowest BCUT2D eigenvalue weighted by molar-refractivity contribution is -0.00534. The van der Waals surface area contributed by atoms with Gasteiger partial charge >= 0.3 is 0 Å². The lowest BCUT2D eigenvalue weighted by atomic mass is 9.90. The van der Waals surface area contributed by atoms with Crippen molar-refractivity contribution in [1.29, 1.82) is 0 Å². The minimum atomic E-state index is -0.634. The third-order valence-corrected chi connectivity index (χ3v) is 6.65. The van der Waals surface area contributed by atoms with E-state index in [2.05, 4.69) is 39.0 Å². The summed E-state index contributed by atoms with van der Waals surface area (Å²) in [5.41, 5.74) is 3.26. The smallest absolute Gasteiger partial charge is 0.139 e. The fourth-order valence-corrected chi connectivity index (χ4v) is 4.93. The van der Waals surface area contributed by atoms with E-state index in [-0.39, 0.29) is 0 Å². The van der Waals surface area contributed by atoms with Crippen LogP contribution >= 0.6 is 0 Å². The summed E-state index contributed by atoms with van der Waals surface area (Å²) in [6.45, 7) is 3.33. The average molecular weight is 476 g/mol. The zero-order valence-corrected chi connectivity index (χ0v) is 20.6. The quantitative estimate of drug-likeness (QED) is 0.391. The molecule has 0 radical (unpaired) electrons. The third-order valence-electron chi connectivity index (χ3n) is 6.65. The molecule has 2 aromatic heterocycles. The van der Waals surface area contributed by atoms with Crippen molar-refractivity contribution in [3.8, 4) is 11.6 Å². The molecule has 0 aliphatic carbocycles. The number of methoxy groups -OCH3 is 1. The van der Waals surface area contributed by atoms with Crippen molar-refractivity contribution in [2.45, 2.75) is 18.4 Å². The van der Waals surface area contributed by atoms with E-state index in [1.54, 1.807) is 7.11 Å². The molecule has 0 bridgehead atoms. The summed E-state index contributed by atoms with van der Waals surface area (Å²) in [5, 5.41) is 12.1. The molecule has 2 aromatic carbocycles. The first-order valence-corrected chi connectivity index (χ1v) is 12.1. The Morgan fingerprint density at radius 2 is 1.89 bits per heavy atom. The summed E-state index contributed by atoms with van der Waals surface area (Å²) in [4.78, 5) is 14.1. The van der Waals surface area contributed by atoms with Crippen molar-refractivity contribution in [1.82, 2.24) is 19.4 Å². The first-order valence-electron chi connectivity index (χ1n) is 12.1. The van der Waals surface area contributed by atoms with Gasteiger partial charge in [0.05, 0.1) is 34.4 Å².